The van der Waals surface area contributed by atoms with E-state index in [-0.39, 0.29) is 5.52 Å². The summed E-state index contributed by atoms with van der Waals surface area (Å²) in [6, 6.07) is 12.0. The minimum atomic E-state index is -0.941. The van der Waals surface area contributed by atoms with Crippen molar-refractivity contribution in [2.75, 3.05) is 0 Å². The minimum Gasteiger partial charge on any atom is -0.338 e. The Morgan fingerprint density at radius 1 is 0.905 bits per heavy atom. The van der Waals surface area contributed by atoms with Gasteiger partial charge in [-0.1, -0.05) is 18.2 Å². The van der Waals surface area contributed by atoms with E-state index in [2.05, 4.69) is 15.0 Å². The lowest BCUT2D eigenvalue weighted by molar-refractivity contribution is 0.515. The van der Waals surface area contributed by atoms with E-state index in [0.29, 0.717) is 11.3 Å². The summed E-state index contributed by atoms with van der Waals surface area (Å²) in [5.41, 5.74) is 1.97. The standard InChI is InChI=1S/C16H9F2N3/c17-11-6-7-12-15(13(11)18)21-16(20-12)10-5-1-3-9-4-2-8-19-14(9)10/h1-8H,(H,20,21). The van der Waals surface area contributed by atoms with Crippen LogP contribution in [0.3, 0.4) is 0 Å². The number of para-hydroxylation sites is 1. The lowest BCUT2D eigenvalue weighted by Crippen LogP contribution is -1.86. The number of nitrogens with one attached hydrogen (secondary N) is 1. The summed E-state index contributed by atoms with van der Waals surface area (Å²) in [5, 5.41) is 0.960. The van der Waals surface area contributed by atoms with Gasteiger partial charge < -0.3 is 4.98 Å². The highest BCUT2D eigenvalue weighted by Crippen LogP contribution is 2.28. The summed E-state index contributed by atoms with van der Waals surface area (Å²) in [6.07, 6.45) is 1.69. The van der Waals surface area contributed by atoms with Crippen LogP contribution >= 0.6 is 0 Å². The summed E-state index contributed by atoms with van der Waals surface area (Å²) in [7, 11) is 0. The maximum Gasteiger partial charge on any atom is 0.186 e. The highest BCUT2D eigenvalue weighted by Gasteiger charge is 2.14. The number of aromatic amines is 1. The van der Waals surface area contributed by atoms with E-state index >= 15 is 0 Å². The third kappa shape index (κ3) is 1.78. The fourth-order valence-corrected chi connectivity index (χ4v) is 2.44. The van der Waals surface area contributed by atoms with Crippen LogP contribution in [0.2, 0.25) is 0 Å². The molecule has 0 bridgehead atoms. The van der Waals surface area contributed by atoms with E-state index in [4.69, 9.17) is 0 Å². The summed E-state index contributed by atoms with van der Waals surface area (Å²) in [5.74, 6) is -1.38. The Morgan fingerprint density at radius 2 is 1.76 bits per heavy atom. The van der Waals surface area contributed by atoms with Crippen LogP contribution in [0.15, 0.2) is 48.7 Å². The minimum absolute atomic E-state index is 0.00191. The van der Waals surface area contributed by atoms with Crippen LogP contribution in [0, 0.1) is 11.6 Å². The lowest BCUT2D eigenvalue weighted by Gasteiger charge is -2.01. The zero-order valence-electron chi connectivity index (χ0n) is 10.8. The predicted octanol–water partition coefficient (Wildman–Crippen LogP) is 4.06. The van der Waals surface area contributed by atoms with Crippen molar-refractivity contribution in [2.45, 2.75) is 0 Å². The lowest BCUT2D eigenvalue weighted by atomic mass is 10.1. The number of imidazole rings is 1. The molecule has 102 valence electrons. The van der Waals surface area contributed by atoms with Crippen LogP contribution in [0.1, 0.15) is 0 Å². The molecule has 3 nitrogen and oxygen atoms in total. The Balaban J connectivity index is 2.03. The molecule has 0 fully saturated rings. The summed E-state index contributed by atoms with van der Waals surface area (Å²) >= 11 is 0. The second-order valence-electron chi connectivity index (χ2n) is 4.72. The first-order valence-corrected chi connectivity index (χ1v) is 6.42. The first-order chi connectivity index (χ1) is 10.2. The van der Waals surface area contributed by atoms with Gasteiger partial charge in [-0.05, 0) is 24.3 Å². The second kappa shape index (κ2) is 4.34. The van der Waals surface area contributed by atoms with Crippen molar-refractivity contribution in [3.05, 3.63) is 60.3 Å². The fourth-order valence-electron chi connectivity index (χ4n) is 2.44. The topological polar surface area (TPSA) is 41.6 Å². The van der Waals surface area contributed by atoms with Crippen molar-refractivity contribution in [1.82, 2.24) is 15.0 Å². The van der Waals surface area contributed by atoms with Crippen molar-refractivity contribution >= 4 is 21.9 Å². The maximum absolute atomic E-state index is 13.8. The van der Waals surface area contributed by atoms with Crippen LogP contribution in [0.25, 0.3) is 33.3 Å². The number of halogens is 2. The summed E-state index contributed by atoms with van der Waals surface area (Å²) < 4.78 is 27.0. The molecule has 0 atom stereocenters. The number of pyridine rings is 1. The Labute approximate surface area is 118 Å². The number of H-pyrrole nitrogens is 1. The molecule has 21 heavy (non-hydrogen) atoms. The molecule has 2 aromatic carbocycles. The third-order valence-corrected chi connectivity index (χ3v) is 3.43. The SMILES string of the molecule is Fc1ccc2[nH]c(-c3cccc4cccnc34)nc2c1F. The van der Waals surface area contributed by atoms with E-state index in [0.717, 1.165) is 22.5 Å². The van der Waals surface area contributed by atoms with Gasteiger partial charge in [0.2, 0.25) is 0 Å². The first-order valence-electron chi connectivity index (χ1n) is 6.42. The van der Waals surface area contributed by atoms with E-state index in [9.17, 15) is 8.78 Å². The van der Waals surface area contributed by atoms with Gasteiger partial charge in [-0.2, -0.15) is 0 Å². The van der Waals surface area contributed by atoms with Gasteiger partial charge in [0.1, 0.15) is 11.3 Å². The number of hydrogen-bond acceptors (Lipinski definition) is 2. The number of hydrogen-bond donors (Lipinski definition) is 1. The quantitative estimate of drug-likeness (QED) is 0.571. The van der Waals surface area contributed by atoms with Crippen LogP contribution in [-0.4, -0.2) is 15.0 Å². The van der Waals surface area contributed by atoms with E-state index in [1.165, 1.54) is 6.07 Å². The van der Waals surface area contributed by atoms with Gasteiger partial charge in [0.15, 0.2) is 11.6 Å². The zero-order valence-corrected chi connectivity index (χ0v) is 10.8. The Hall–Kier alpha value is -2.82. The predicted molar refractivity (Wildman–Crippen MR) is 76.7 cm³/mol. The van der Waals surface area contributed by atoms with Crippen molar-refractivity contribution < 1.29 is 8.78 Å². The molecule has 4 rings (SSSR count). The third-order valence-electron chi connectivity index (χ3n) is 3.43. The van der Waals surface area contributed by atoms with Crippen LogP contribution in [0.5, 0.6) is 0 Å². The Bertz CT molecular complexity index is 971. The Morgan fingerprint density at radius 3 is 2.67 bits per heavy atom. The number of rotatable bonds is 1. The molecule has 0 saturated carbocycles. The number of aromatic nitrogens is 3. The van der Waals surface area contributed by atoms with Gasteiger partial charge in [0, 0.05) is 17.1 Å². The monoisotopic (exact) mass is 281 g/mol. The van der Waals surface area contributed by atoms with Gasteiger partial charge in [-0.25, -0.2) is 13.8 Å². The number of nitrogens with zero attached hydrogens (tertiary/aromatic N) is 2. The van der Waals surface area contributed by atoms with Crippen molar-refractivity contribution in [1.29, 1.82) is 0 Å². The first kappa shape index (κ1) is 12.0. The average Bonchev–Trinajstić information content (AvgIpc) is 2.95. The maximum atomic E-state index is 13.8. The molecule has 0 unspecified atom stereocenters. The molecule has 0 spiro atoms. The van der Waals surface area contributed by atoms with Crippen LogP contribution in [-0.2, 0) is 0 Å². The second-order valence-corrected chi connectivity index (χ2v) is 4.72. The van der Waals surface area contributed by atoms with Gasteiger partial charge >= 0.3 is 0 Å². The highest BCUT2D eigenvalue weighted by atomic mass is 19.2. The molecule has 4 aromatic rings. The molecule has 0 amide bonds. The molecule has 0 saturated heterocycles. The fraction of sp³-hybridized carbons (Fsp3) is 0. The number of benzene rings is 2. The number of fused-ring (bicyclic) bond motifs is 2. The molecular weight excluding hydrogens is 272 g/mol. The largest absolute Gasteiger partial charge is 0.338 e. The van der Waals surface area contributed by atoms with Crippen LogP contribution in [0.4, 0.5) is 8.78 Å². The van der Waals surface area contributed by atoms with Gasteiger partial charge in [-0.15, -0.1) is 0 Å². The average molecular weight is 281 g/mol. The summed E-state index contributed by atoms with van der Waals surface area (Å²) in [4.78, 5) is 11.5. The highest BCUT2D eigenvalue weighted by molar-refractivity contribution is 5.93. The van der Waals surface area contributed by atoms with E-state index < -0.39 is 11.6 Å². The normalized spacial score (nSPS) is 11.3. The van der Waals surface area contributed by atoms with Gasteiger partial charge in [0.05, 0.1) is 11.0 Å². The molecule has 2 heterocycles. The molecule has 5 heteroatoms. The zero-order chi connectivity index (χ0) is 14.4. The summed E-state index contributed by atoms with van der Waals surface area (Å²) in [6.45, 7) is 0. The van der Waals surface area contributed by atoms with E-state index in [1.807, 2.05) is 30.3 Å². The molecule has 0 aliphatic heterocycles. The van der Waals surface area contributed by atoms with Crippen molar-refractivity contribution in [3.63, 3.8) is 0 Å². The van der Waals surface area contributed by atoms with E-state index in [1.54, 1.807) is 6.20 Å². The smallest absolute Gasteiger partial charge is 0.186 e. The molecule has 2 aromatic heterocycles. The molecule has 1 N–H and O–H groups in total. The van der Waals surface area contributed by atoms with Crippen molar-refractivity contribution in [3.8, 4) is 11.4 Å². The van der Waals surface area contributed by atoms with Crippen LogP contribution < -0.4 is 0 Å². The molecular formula is C16H9F2N3. The van der Waals surface area contributed by atoms with Crippen molar-refractivity contribution in [2.24, 2.45) is 0 Å². The molecule has 0 aliphatic carbocycles. The van der Waals surface area contributed by atoms with Gasteiger partial charge in [0.25, 0.3) is 0 Å². The molecule has 0 radical (unpaired) electrons. The van der Waals surface area contributed by atoms with Gasteiger partial charge in [-0.3, -0.25) is 4.98 Å². The molecule has 0 aliphatic rings. The Kier molecular flexibility index (Phi) is 2.47.